The first-order chi connectivity index (χ1) is 13.7. The minimum Gasteiger partial charge on any atom is -0.352 e. The lowest BCUT2D eigenvalue weighted by molar-refractivity contribution is -0.140. The largest absolute Gasteiger partial charge is 0.352 e. The van der Waals surface area contributed by atoms with E-state index >= 15 is 0 Å². The van der Waals surface area contributed by atoms with Crippen molar-refractivity contribution in [3.63, 3.8) is 0 Å². The third-order valence-corrected chi connectivity index (χ3v) is 6.06. The maximum Gasteiger partial charge on any atom is 0.242 e. The van der Waals surface area contributed by atoms with Gasteiger partial charge >= 0.3 is 0 Å². The molecule has 29 heavy (non-hydrogen) atoms. The second-order valence-corrected chi connectivity index (χ2v) is 8.75. The van der Waals surface area contributed by atoms with Crippen molar-refractivity contribution < 1.29 is 9.59 Å². The zero-order chi connectivity index (χ0) is 21.6. The Labute approximate surface area is 190 Å². The van der Waals surface area contributed by atoms with Gasteiger partial charge in [0.1, 0.15) is 6.04 Å². The van der Waals surface area contributed by atoms with E-state index in [-0.39, 0.29) is 24.3 Å². The molecule has 1 N–H and O–H groups in total. The van der Waals surface area contributed by atoms with Crippen LogP contribution in [0.5, 0.6) is 0 Å². The van der Waals surface area contributed by atoms with Crippen molar-refractivity contribution >= 4 is 50.9 Å². The minimum absolute atomic E-state index is 0.0238. The van der Waals surface area contributed by atoms with E-state index in [9.17, 15) is 9.59 Å². The number of nitrogens with one attached hydrogen (secondary N) is 1. The van der Waals surface area contributed by atoms with Crippen LogP contribution in [0.15, 0.2) is 46.9 Å². The molecule has 7 heteroatoms. The number of amides is 2. The quantitative estimate of drug-likeness (QED) is 0.511. The first-order valence-corrected chi connectivity index (χ1v) is 11.0. The van der Waals surface area contributed by atoms with Crippen molar-refractivity contribution in [1.29, 1.82) is 0 Å². The first-order valence-electron chi connectivity index (χ1n) is 9.50. The Hall–Kier alpha value is -1.56. The van der Waals surface area contributed by atoms with Gasteiger partial charge in [0.15, 0.2) is 0 Å². The molecule has 0 unspecified atom stereocenters. The van der Waals surface area contributed by atoms with E-state index in [1.807, 2.05) is 38.1 Å². The Morgan fingerprint density at radius 2 is 1.66 bits per heavy atom. The number of benzene rings is 2. The van der Waals surface area contributed by atoms with Crippen LogP contribution in [0.3, 0.4) is 0 Å². The molecular weight excluding hydrogens is 475 g/mol. The Morgan fingerprint density at radius 3 is 2.21 bits per heavy atom. The number of halogens is 3. The third-order valence-electron chi connectivity index (χ3n) is 4.82. The summed E-state index contributed by atoms with van der Waals surface area (Å²) in [6, 6.07) is 12.2. The van der Waals surface area contributed by atoms with Crippen LogP contribution in [0.1, 0.15) is 38.3 Å². The molecule has 0 bridgehead atoms. The maximum atomic E-state index is 13.2. The maximum absolute atomic E-state index is 13.2. The molecule has 2 aromatic rings. The zero-order valence-electron chi connectivity index (χ0n) is 16.7. The predicted octanol–water partition coefficient (Wildman–Crippen LogP) is 5.63. The van der Waals surface area contributed by atoms with E-state index in [1.54, 1.807) is 30.0 Å². The summed E-state index contributed by atoms with van der Waals surface area (Å²) in [5.41, 5.74) is 1.49. The molecule has 0 saturated heterocycles. The summed E-state index contributed by atoms with van der Waals surface area (Å²) in [6.45, 7) is 5.99. The van der Waals surface area contributed by atoms with E-state index in [0.717, 1.165) is 16.5 Å². The summed E-state index contributed by atoms with van der Waals surface area (Å²) < 4.78 is 0.949. The molecule has 0 heterocycles. The van der Waals surface area contributed by atoms with Gasteiger partial charge in [-0.2, -0.15) is 0 Å². The summed E-state index contributed by atoms with van der Waals surface area (Å²) in [7, 11) is 0. The van der Waals surface area contributed by atoms with Crippen molar-refractivity contribution in [3.05, 3.63) is 68.1 Å². The highest BCUT2D eigenvalue weighted by atomic mass is 79.9. The van der Waals surface area contributed by atoms with Gasteiger partial charge in [-0.3, -0.25) is 9.59 Å². The average molecular weight is 500 g/mol. The normalized spacial score (nSPS) is 12.9. The van der Waals surface area contributed by atoms with Crippen molar-refractivity contribution in [1.82, 2.24) is 10.2 Å². The van der Waals surface area contributed by atoms with Crippen molar-refractivity contribution in [2.24, 2.45) is 0 Å². The van der Waals surface area contributed by atoms with Gasteiger partial charge in [0.25, 0.3) is 0 Å². The molecule has 0 aliphatic carbocycles. The smallest absolute Gasteiger partial charge is 0.242 e. The van der Waals surface area contributed by atoms with Gasteiger partial charge in [-0.15, -0.1) is 0 Å². The number of carbonyl (C=O) groups is 2. The van der Waals surface area contributed by atoms with Crippen molar-refractivity contribution in [3.8, 4) is 0 Å². The van der Waals surface area contributed by atoms with E-state index in [0.29, 0.717) is 22.2 Å². The second-order valence-electron chi connectivity index (χ2n) is 7.02. The summed E-state index contributed by atoms with van der Waals surface area (Å²) >= 11 is 15.9. The number of hydrogen-bond acceptors (Lipinski definition) is 2. The fourth-order valence-electron chi connectivity index (χ4n) is 2.79. The summed E-state index contributed by atoms with van der Waals surface area (Å²) in [6.07, 6.45) is 0.838. The fraction of sp³-hybridized carbons (Fsp3) is 0.364. The lowest BCUT2D eigenvalue weighted by atomic mass is 10.1. The summed E-state index contributed by atoms with van der Waals surface area (Å²) in [5, 5.41) is 3.83. The number of rotatable bonds is 8. The van der Waals surface area contributed by atoms with Gasteiger partial charge in [-0.05, 0) is 55.7 Å². The summed E-state index contributed by atoms with van der Waals surface area (Å²) in [4.78, 5) is 27.5. The molecule has 4 nitrogen and oxygen atoms in total. The minimum atomic E-state index is -0.638. The number of hydrogen-bond donors (Lipinski definition) is 1. The van der Waals surface area contributed by atoms with E-state index in [1.165, 1.54) is 0 Å². The van der Waals surface area contributed by atoms with Crippen molar-refractivity contribution in [2.75, 3.05) is 0 Å². The monoisotopic (exact) mass is 498 g/mol. The van der Waals surface area contributed by atoms with Gasteiger partial charge in [0, 0.05) is 27.1 Å². The Bertz CT molecular complexity index is 838. The van der Waals surface area contributed by atoms with E-state index in [4.69, 9.17) is 23.2 Å². The molecular formula is C22H25BrCl2N2O2. The third kappa shape index (κ3) is 6.73. The number of carbonyl (C=O) groups excluding carboxylic acids is 2. The molecule has 0 fully saturated rings. The Balaban J connectivity index is 2.28. The molecule has 0 radical (unpaired) electrons. The lowest BCUT2D eigenvalue weighted by Gasteiger charge is -2.30. The fourth-order valence-corrected chi connectivity index (χ4v) is 3.58. The molecule has 2 amide bonds. The van der Waals surface area contributed by atoms with Gasteiger partial charge in [-0.25, -0.2) is 0 Å². The molecule has 0 spiro atoms. The molecule has 0 saturated carbocycles. The van der Waals surface area contributed by atoms with Crippen LogP contribution >= 0.6 is 39.1 Å². The van der Waals surface area contributed by atoms with Crippen LogP contribution in [0.2, 0.25) is 10.0 Å². The van der Waals surface area contributed by atoms with Gasteiger partial charge in [0.2, 0.25) is 11.8 Å². The number of nitrogens with zero attached hydrogens (tertiary/aromatic N) is 1. The molecule has 2 aromatic carbocycles. The van der Waals surface area contributed by atoms with Gasteiger partial charge < -0.3 is 10.2 Å². The average Bonchev–Trinajstić information content (AvgIpc) is 2.69. The van der Waals surface area contributed by atoms with E-state index < -0.39 is 6.04 Å². The Morgan fingerprint density at radius 1 is 1.07 bits per heavy atom. The zero-order valence-corrected chi connectivity index (χ0v) is 19.8. The highest BCUT2D eigenvalue weighted by Crippen LogP contribution is 2.26. The predicted molar refractivity (Wildman–Crippen MR) is 122 cm³/mol. The molecule has 2 atom stereocenters. The van der Waals surface area contributed by atoms with E-state index in [2.05, 4.69) is 21.2 Å². The highest BCUT2D eigenvalue weighted by molar-refractivity contribution is 9.10. The molecule has 0 aliphatic heterocycles. The Kier molecular flexibility index (Phi) is 9.00. The molecule has 0 aliphatic rings. The lowest BCUT2D eigenvalue weighted by Crippen LogP contribution is -2.49. The SMILES string of the molecule is CC[C@H](C)NC(=O)[C@H](C)N(Cc1ccc(Br)cc1)C(=O)Cc1c(Cl)cccc1Cl. The molecule has 156 valence electrons. The van der Waals surface area contributed by atoms with Crippen LogP contribution in [0, 0.1) is 0 Å². The second kappa shape index (κ2) is 11.0. The van der Waals surface area contributed by atoms with Crippen LogP contribution in [-0.4, -0.2) is 28.8 Å². The van der Waals surface area contributed by atoms with Gasteiger partial charge in [0.05, 0.1) is 6.42 Å². The topological polar surface area (TPSA) is 49.4 Å². The molecule has 0 aromatic heterocycles. The van der Waals surface area contributed by atoms with Crippen LogP contribution in [-0.2, 0) is 22.6 Å². The first kappa shape index (κ1) is 23.7. The highest BCUT2D eigenvalue weighted by Gasteiger charge is 2.27. The molecule has 2 rings (SSSR count). The van der Waals surface area contributed by atoms with Gasteiger partial charge in [-0.1, -0.05) is 64.3 Å². The summed E-state index contributed by atoms with van der Waals surface area (Å²) in [5.74, 6) is -0.398. The van der Waals surface area contributed by atoms with Crippen molar-refractivity contribution in [2.45, 2.75) is 52.2 Å². The standard InChI is InChI=1S/C22H25BrCl2N2O2/c1-4-14(2)26-22(29)15(3)27(13-16-8-10-17(23)11-9-16)21(28)12-18-19(24)6-5-7-20(18)25/h5-11,14-15H,4,12-13H2,1-3H3,(H,26,29)/t14-,15-/m0/s1. The van der Waals surface area contributed by atoms with Crippen LogP contribution < -0.4 is 5.32 Å². The van der Waals surface area contributed by atoms with Crippen LogP contribution in [0.4, 0.5) is 0 Å². The van der Waals surface area contributed by atoms with Crippen LogP contribution in [0.25, 0.3) is 0 Å².